The number of phosphoric ester groups is 1. The Morgan fingerprint density at radius 2 is 1.83 bits per heavy atom. The molecule has 220 valence electrons. The fourth-order valence-electron chi connectivity index (χ4n) is 5.38. The second-order valence-corrected chi connectivity index (χ2v) is 11.9. The fraction of sp³-hybridized carbons (Fsp3) is 0.333. The van der Waals surface area contributed by atoms with E-state index in [0.717, 1.165) is 0 Å². The van der Waals surface area contributed by atoms with Gasteiger partial charge in [-0.25, -0.2) is 28.7 Å². The van der Waals surface area contributed by atoms with Crippen LogP contribution in [0.5, 0.6) is 5.75 Å². The highest BCUT2D eigenvalue weighted by Crippen LogP contribution is 2.53. The number of carbonyl (C=O) groups excluding carboxylic acids is 1. The number of rotatable bonds is 8. The lowest BCUT2D eigenvalue weighted by molar-refractivity contribution is -0.0507. The van der Waals surface area contributed by atoms with Gasteiger partial charge in [-0.3, -0.25) is 13.6 Å². The van der Waals surface area contributed by atoms with Crippen LogP contribution in [0.4, 0.5) is 13.2 Å². The maximum absolute atomic E-state index is 15.4. The molecule has 2 bridgehead atoms. The summed E-state index contributed by atoms with van der Waals surface area (Å²) in [5.74, 6) is -0.941. The first-order valence-electron chi connectivity index (χ1n) is 12.7. The molecule has 4 aromatic rings. The van der Waals surface area contributed by atoms with Crippen LogP contribution in [-0.4, -0.2) is 46.3 Å². The SMILES string of the molecule is COP(=O)(OC)OC(C)(C)c1ncc(-c2cc3c(cc2F)nc2n3[C@@H]3C[C@H]2OC(=O)c2cccc(OC(F)F)c23)cn1. The van der Waals surface area contributed by atoms with Crippen LogP contribution in [0.2, 0.25) is 0 Å². The van der Waals surface area contributed by atoms with Gasteiger partial charge in [0.2, 0.25) is 0 Å². The van der Waals surface area contributed by atoms with E-state index in [-0.39, 0.29) is 40.2 Å². The van der Waals surface area contributed by atoms with Crippen molar-refractivity contribution in [3.63, 3.8) is 0 Å². The molecule has 6 rings (SSSR count). The normalized spacial score (nSPS) is 18.1. The Balaban J connectivity index is 1.43. The molecule has 0 radical (unpaired) electrons. The van der Waals surface area contributed by atoms with Gasteiger partial charge in [0.1, 0.15) is 17.2 Å². The molecule has 0 aliphatic carbocycles. The summed E-state index contributed by atoms with van der Waals surface area (Å²) in [4.78, 5) is 26.0. The van der Waals surface area contributed by atoms with Crippen LogP contribution in [0.1, 0.15) is 60.0 Å². The van der Waals surface area contributed by atoms with E-state index in [9.17, 15) is 18.1 Å². The lowest BCUT2D eigenvalue weighted by Gasteiger charge is -2.26. The summed E-state index contributed by atoms with van der Waals surface area (Å²) in [7, 11) is -1.49. The number of alkyl halides is 2. The predicted octanol–water partition coefficient (Wildman–Crippen LogP) is 6.09. The Hall–Kier alpha value is -3.84. The van der Waals surface area contributed by atoms with Gasteiger partial charge in [-0.15, -0.1) is 0 Å². The summed E-state index contributed by atoms with van der Waals surface area (Å²) in [6, 6.07) is 6.45. The van der Waals surface area contributed by atoms with Crippen LogP contribution in [0, 0.1) is 5.82 Å². The van der Waals surface area contributed by atoms with Gasteiger partial charge in [0.15, 0.2) is 17.8 Å². The van der Waals surface area contributed by atoms with E-state index in [4.69, 9.17) is 23.0 Å². The third-order valence-electron chi connectivity index (χ3n) is 7.22. The molecule has 0 saturated carbocycles. The molecule has 0 spiro atoms. The Labute approximate surface area is 237 Å². The highest BCUT2D eigenvalue weighted by molar-refractivity contribution is 7.48. The molecule has 11 nitrogen and oxygen atoms in total. The second-order valence-electron chi connectivity index (χ2n) is 10.1. The molecule has 0 unspecified atom stereocenters. The predicted molar refractivity (Wildman–Crippen MR) is 140 cm³/mol. The van der Waals surface area contributed by atoms with Crippen molar-refractivity contribution in [3.8, 4) is 16.9 Å². The van der Waals surface area contributed by atoms with Gasteiger partial charge in [0.05, 0.1) is 22.6 Å². The molecule has 0 N–H and O–H groups in total. The highest BCUT2D eigenvalue weighted by atomic mass is 31.2. The number of benzene rings is 2. The summed E-state index contributed by atoms with van der Waals surface area (Å²) in [6.07, 6.45) is 2.25. The van der Waals surface area contributed by atoms with Crippen molar-refractivity contribution in [2.75, 3.05) is 14.2 Å². The molecule has 2 aromatic carbocycles. The first-order chi connectivity index (χ1) is 19.9. The summed E-state index contributed by atoms with van der Waals surface area (Å²) < 4.78 is 81.8. The number of fused-ring (bicyclic) bond motifs is 9. The first-order valence-corrected chi connectivity index (χ1v) is 14.2. The maximum Gasteiger partial charge on any atom is 0.475 e. The van der Waals surface area contributed by atoms with E-state index in [0.29, 0.717) is 16.9 Å². The summed E-state index contributed by atoms with van der Waals surface area (Å²) in [5.41, 5.74) is 0.298. The van der Waals surface area contributed by atoms with E-state index >= 15 is 4.39 Å². The molecule has 2 atom stereocenters. The second kappa shape index (κ2) is 10.2. The number of imidazole rings is 1. The largest absolute Gasteiger partial charge is 0.475 e. The zero-order valence-corrected chi connectivity index (χ0v) is 23.6. The maximum atomic E-state index is 15.4. The number of hydrogen-bond donors (Lipinski definition) is 0. The molecule has 2 aliphatic heterocycles. The zero-order chi connectivity index (χ0) is 30.0. The molecule has 4 heterocycles. The van der Waals surface area contributed by atoms with Crippen molar-refractivity contribution in [1.82, 2.24) is 19.5 Å². The van der Waals surface area contributed by atoms with Gasteiger partial charge in [-0.1, -0.05) is 6.07 Å². The number of halogens is 3. The highest BCUT2D eigenvalue weighted by Gasteiger charge is 2.44. The summed E-state index contributed by atoms with van der Waals surface area (Å²) in [5, 5.41) is 0. The molecular formula is C27H24F3N4O7P. The number of aromatic nitrogens is 4. The lowest BCUT2D eigenvalue weighted by atomic mass is 9.97. The topological polar surface area (TPSA) is 124 Å². The Kier molecular flexibility index (Phi) is 6.84. The lowest BCUT2D eigenvalue weighted by Crippen LogP contribution is -2.24. The van der Waals surface area contributed by atoms with Crippen LogP contribution in [0.15, 0.2) is 42.7 Å². The van der Waals surface area contributed by atoms with Crippen molar-refractivity contribution in [1.29, 1.82) is 0 Å². The first kappa shape index (κ1) is 28.3. The zero-order valence-electron chi connectivity index (χ0n) is 22.7. The Morgan fingerprint density at radius 3 is 2.50 bits per heavy atom. The standard InChI is InChI=1S/C27H24F3N4O7P/c1-27(2,41-42(36,37-3)38-4)25-31-11-13(12-32-25)15-8-18-17(9-16(15)28)33-23-21-10-19(34(18)23)22-14(24(35)39-21)6-5-7-20(22)40-26(29)30/h5-9,11-12,19,21,26H,10H2,1-4H3/t19-,21-/m1/s1. The van der Waals surface area contributed by atoms with Crippen LogP contribution < -0.4 is 4.74 Å². The monoisotopic (exact) mass is 604 g/mol. The molecule has 0 amide bonds. The molecule has 0 saturated heterocycles. The van der Waals surface area contributed by atoms with Gasteiger partial charge in [-0.2, -0.15) is 8.78 Å². The number of nitrogens with zero attached hydrogens (tertiary/aromatic N) is 4. The van der Waals surface area contributed by atoms with Crippen molar-refractivity contribution in [2.24, 2.45) is 0 Å². The number of carbonyl (C=O) groups is 1. The van der Waals surface area contributed by atoms with Gasteiger partial charge >= 0.3 is 20.4 Å². The van der Waals surface area contributed by atoms with Crippen LogP contribution >= 0.6 is 7.82 Å². The number of phosphoric acid groups is 1. The van der Waals surface area contributed by atoms with Gasteiger partial charge in [0, 0.05) is 55.8 Å². The molecule has 15 heteroatoms. The quantitative estimate of drug-likeness (QED) is 0.172. The third kappa shape index (κ3) is 4.64. The summed E-state index contributed by atoms with van der Waals surface area (Å²) in [6.45, 7) is 0.0418. The number of ether oxygens (including phenoxy) is 2. The Morgan fingerprint density at radius 1 is 1.12 bits per heavy atom. The van der Waals surface area contributed by atoms with E-state index in [1.165, 1.54) is 50.9 Å². The third-order valence-corrected chi connectivity index (χ3v) is 8.79. The van der Waals surface area contributed by atoms with Crippen molar-refractivity contribution in [3.05, 3.63) is 71.3 Å². The van der Waals surface area contributed by atoms with Crippen molar-refractivity contribution in [2.45, 2.75) is 44.6 Å². The van der Waals surface area contributed by atoms with E-state index in [1.54, 1.807) is 24.5 Å². The van der Waals surface area contributed by atoms with E-state index < -0.39 is 44.0 Å². The average molecular weight is 604 g/mol. The van der Waals surface area contributed by atoms with Gasteiger partial charge in [0.25, 0.3) is 0 Å². The smallest absolute Gasteiger partial charge is 0.450 e. The van der Waals surface area contributed by atoms with E-state index in [1.807, 2.05) is 0 Å². The molecule has 42 heavy (non-hydrogen) atoms. The number of esters is 1. The van der Waals surface area contributed by atoms with Crippen LogP contribution in [-0.2, 0) is 28.5 Å². The van der Waals surface area contributed by atoms with Gasteiger partial charge < -0.3 is 14.0 Å². The van der Waals surface area contributed by atoms with Crippen LogP contribution in [0.3, 0.4) is 0 Å². The Bertz CT molecular complexity index is 1750. The minimum atomic E-state index is -3.86. The molecule has 2 aliphatic rings. The molecular weight excluding hydrogens is 580 g/mol. The average Bonchev–Trinajstić information content (AvgIpc) is 3.43. The fourth-order valence-corrected chi connectivity index (χ4v) is 6.32. The van der Waals surface area contributed by atoms with E-state index in [2.05, 4.69) is 15.0 Å². The van der Waals surface area contributed by atoms with Gasteiger partial charge in [-0.05, 0) is 32.0 Å². The number of hydrogen-bond acceptors (Lipinski definition) is 10. The van der Waals surface area contributed by atoms with Crippen molar-refractivity contribution >= 4 is 24.8 Å². The minimum Gasteiger partial charge on any atom is -0.450 e. The minimum absolute atomic E-state index is 0.107. The van der Waals surface area contributed by atoms with Crippen molar-refractivity contribution < 1.29 is 45.6 Å². The van der Waals surface area contributed by atoms with Crippen LogP contribution in [0.25, 0.3) is 22.2 Å². The summed E-state index contributed by atoms with van der Waals surface area (Å²) >= 11 is 0. The molecule has 0 fully saturated rings. The molecule has 2 aromatic heterocycles.